The Bertz CT molecular complexity index is 1090. The van der Waals surface area contributed by atoms with Crippen molar-refractivity contribution in [3.63, 3.8) is 0 Å². The Balaban J connectivity index is 1.17. The topological polar surface area (TPSA) is 83.1 Å². The van der Waals surface area contributed by atoms with Crippen molar-refractivity contribution in [2.45, 2.75) is 38.5 Å². The van der Waals surface area contributed by atoms with Crippen molar-refractivity contribution in [3.8, 4) is 5.75 Å². The molecule has 7 nitrogen and oxygen atoms in total. The fraction of sp³-hybridized carbons (Fsp3) is 0.458. The number of amides is 1. The first-order chi connectivity index (χ1) is 15.2. The predicted molar refractivity (Wildman–Crippen MR) is 121 cm³/mol. The van der Waals surface area contributed by atoms with Gasteiger partial charge in [0.05, 0.1) is 7.11 Å². The van der Waals surface area contributed by atoms with Gasteiger partial charge in [0.1, 0.15) is 5.75 Å². The lowest BCUT2D eigenvalue weighted by molar-refractivity contribution is -0.125. The third-order valence-electron chi connectivity index (χ3n) is 6.57. The van der Waals surface area contributed by atoms with E-state index in [-0.39, 0.29) is 11.8 Å². The summed E-state index contributed by atoms with van der Waals surface area (Å²) in [6.45, 7) is 2.72. The zero-order chi connectivity index (χ0) is 21.2. The van der Waals surface area contributed by atoms with Gasteiger partial charge in [-0.15, -0.1) is 0 Å². The molecule has 1 atom stereocenters. The number of ether oxygens (including phenoxy) is 1. The lowest BCUT2D eigenvalue weighted by Gasteiger charge is -2.24. The van der Waals surface area contributed by atoms with Crippen molar-refractivity contribution in [2.75, 3.05) is 31.6 Å². The molecule has 3 heterocycles. The van der Waals surface area contributed by atoms with Gasteiger partial charge in [0, 0.05) is 54.5 Å². The van der Waals surface area contributed by atoms with E-state index in [1.54, 1.807) is 7.11 Å². The molecule has 1 aliphatic carbocycles. The summed E-state index contributed by atoms with van der Waals surface area (Å²) in [5.41, 5.74) is 4.51. The van der Waals surface area contributed by atoms with Crippen LogP contribution in [0.4, 0.5) is 5.95 Å². The summed E-state index contributed by atoms with van der Waals surface area (Å²) >= 11 is 0. The summed E-state index contributed by atoms with van der Waals surface area (Å²) in [5, 5.41) is 4.28. The van der Waals surface area contributed by atoms with E-state index >= 15 is 0 Å². The fourth-order valence-corrected chi connectivity index (χ4v) is 4.75. The molecule has 31 heavy (non-hydrogen) atoms. The highest BCUT2D eigenvalue weighted by molar-refractivity contribution is 5.85. The van der Waals surface area contributed by atoms with E-state index in [2.05, 4.69) is 20.2 Å². The summed E-state index contributed by atoms with van der Waals surface area (Å²) < 4.78 is 5.34. The molecule has 1 aliphatic heterocycles. The molecule has 162 valence electrons. The Morgan fingerprint density at radius 1 is 1.32 bits per heavy atom. The Labute approximate surface area is 182 Å². The molecule has 5 rings (SSSR count). The van der Waals surface area contributed by atoms with E-state index in [9.17, 15) is 4.79 Å². The maximum atomic E-state index is 12.8. The molecule has 1 fully saturated rings. The molecule has 2 aliphatic rings. The summed E-state index contributed by atoms with van der Waals surface area (Å²) in [5.74, 6) is 1.83. The van der Waals surface area contributed by atoms with Crippen molar-refractivity contribution in [1.82, 2.24) is 20.3 Å². The van der Waals surface area contributed by atoms with Crippen LogP contribution in [-0.4, -0.2) is 47.6 Å². The second-order valence-electron chi connectivity index (χ2n) is 8.54. The molecule has 3 aromatic rings. The highest BCUT2D eigenvalue weighted by Crippen LogP contribution is 2.27. The summed E-state index contributed by atoms with van der Waals surface area (Å²) in [7, 11) is 1.67. The average molecular weight is 420 g/mol. The summed E-state index contributed by atoms with van der Waals surface area (Å²) in [6.07, 6.45) is 9.59. The van der Waals surface area contributed by atoms with Gasteiger partial charge >= 0.3 is 0 Å². The molecule has 0 spiro atoms. The number of hydrogen-bond acceptors (Lipinski definition) is 5. The van der Waals surface area contributed by atoms with E-state index in [0.717, 1.165) is 72.6 Å². The Morgan fingerprint density at radius 3 is 3.03 bits per heavy atom. The number of methoxy groups -OCH3 is 1. The molecule has 7 heteroatoms. The van der Waals surface area contributed by atoms with Crippen LogP contribution < -0.4 is 15.0 Å². The van der Waals surface area contributed by atoms with Crippen LogP contribution in [-0.2, 0) is 24.1 Å². The third-order valence-corrected chi connectivity index (χ3v) is 6.57. The number of carbonyl (C=O) groups excluding carboxylic acids is 1. The van der Waals surface area contributed by atoms with Gasteiger partial charge in [-0.25, -0.2) is 9.97 Å². The van der Waals surface area contributed by atoms with Gasteiger partial charge in [0.25, 0.3) is 0 Å². The first kappa shape index (κ1) is 19.8. The van der Waals surface area contributed by atoms with Crippen LogP contribution in [0.3, 0.4) is 0 Å². The monoisotopic (exact) mass is 419 g/mol. The van der Waals surface area contributed by atoms with Gasteiger partial charge in [0.15, 0.2) is 0 Å². The van der Waals surface area contributed by atoms with Crippen molar-refractivity contribution >= 4 is 22.8 Å². The van der Waals surface area contributed by atoms with Crippen molar-refractivity contribution in [2.24, 2.45) is 5.92 Å². The van der Waals surface area contributed by atoms with Gasteiger partial charge in [-0.1, -0.05) is 0 Å². The Morgan fingerprint density at radius 2 is 2.19 bits per heavy atom. The van der Waals surface area contributed by atoms with Crippen LogP contribution in [0.5, 0.6) is 5.75 Å². The smallest absolute Gasteiger partial charge is 0.225 e. The van der Waals surface area contributed by atoms with E-state index in [0.29, 0.717) is 6.54 Å². The standard InChI is InChI=1S/C24H29N5O2/c1-31-19-5-7-22-20(13-19)17(14-26-22)8-9-25-23(30)16-4-6-21-18(12-16)15-27-24(28-21)29-10-2-3-11-29/h5,7,13-16,26H,2-4,6,8-12H2,1H3,(H,25,30)/t16-/m0/s1. The highest BCUT2D eigenvalue weighted by atomic mass is 16.5. The SMILES string of the molecule is COc1ccc2[nH]cc(CCNC(=O)[C@H]3CCc4nc(N5CCCC5)ncc4C3)c2c1. The van der Waals surface area contributed by atoms with Crippen LogP contribution in [0.25, 0.3) is 10.9 Å². The maximum absolute atomic E-state index is 12.8. The summed E-state index contributed by atoms with van der Waals surface area (Å²) in [6, 6.07) is 6.01. The number of nitrogens with zero attached hydrogens (tertiary/aromatic N) is 3. The Kier molecular flexibility index (Phi) is 5.49. The van der Waals surface area contributed by atoms with Crippen molar-refractivity contribution < 1.29 is 9.53 Å². The first-order valence-corrected chi connectivity index (χ1v) is 11.2. The lowest BCUT2D eigenvalue weighted by Crippen LogP contribution is -2.35. The number of aromatic nitrogens is 3. The lowest BCUT2D eigenvalue weighted by atomic mass is 9.86. The number of H-pyrrole nitrogens is 1. The fourth-order valence-electron chi connectivity index (χ4n) is 4.75. The number of aromatic amines is 1. The molecule has 1 aromatic carbocycles. The number of aryl methyl sites for hydroxylation is 1. The largest absolute Gasteiger partial charge is 0.497 e. The minimum atomic E-state index is -0.00296. The Hall–Kier alpha value is -3.09. The van der Waals surface area contributed by atoms with E-state index in [1.807, 2.05) is 30.6 Å². The van der Waals surface area contributed by atoms with Gasteiger partial charge in [-0.2, -0.15) is 0 Å². The zero-order valence-corrected chi connectivity index (χ0v) is 18.0. The highest BCUT2D eigenvalue weighted by Gasteiger charge is 2.27. The number of nitrogens with one attached hydrogen (secondary N) is 2. The molecule has 1 saturated heterocycles. The number of hydrogen-bond donors (Lipinski definition) is 2. The number of rotatable bonds is 6. The minimum absolute atomic E-state index is 0.00296. The summed E-state index contributed by atoms with van der Waals surface area (Å²) in [4.78, 5) is 27.7. The molecule has 2 N–H and O–H groups in total. The molecule has 0 radical (unpaired) electrons. The van der Waals surface area contributed by atoms with Crippen molar-refractivity contribution in [3.05, 3.63) is 47.4 Å². The third kappa shape index (κ3) is 4.09. The van der Waals surface area contributed by atoms with Crippen LogP contribution >= 0.6 is 0 Å². The minimum Gasteiger partial charge on any atom is -0.497 e. The van der Waals surface area contributed by atoms with Gasteiger partial charge in [-0.05, 0) is 67.9 Å². The molecule has 1 amide bonds. The molecular formula is C24H29N5O2. The molecule has 0 bridgehead atoms. The van der Waals surface area contributed by atoms with Crippen LogP contribution in [0.15, 0.2) is 30.6 Å². The number of anilines is 1. The number of carbonyl (C=O) groups is 1. The molecule has 0 unspecified atom stereocenters. The van der Waals surface area contributed by atoms with E-state index < -0.39 is 0 Å². The molecule has 2 aromatic heterocycles. The van der Waals surface area contributed by atoms with Crippen LogP contribution in [0.1, 0.15) is 36.1 Å². The van der Waals surface area contributed by atoms with Gasteiger partial charge in [-0.3, -0.25) is 4.79 Å². The van der Waals surface area contributed by atoms with Gasteiger partial charge in [0.2, 0.25) is 11.9 Å². The average Bonchev–Trinajstić information content (AvgIpc) is 3.48. The predicted octanol–water partition coefficient (Wildman–Crippen LogP) is 3.03. The van der Waals surface area contributed by atoms with Crippen molar-refractivity contribution in [1.29, 1.82) is 0 Å². The first-order valence-electron chi connectivity index (χ1n) is 11.2. The zero-order valence-electron chi connectivity index (χ0n) is 18.0. The quantitative estimate of drug-likeness (QED) is 0.642. The van der Waals surface area contributed by atoms with Crippen LogP contribution in [0.2, 0.25) is 0 Å². The maximum Gasteiger partial charge on any atom is 0.225 e. The van der Waals surface area contributed by atoms with Gasteiger partial charge < -0.3 is 19.9 Å². The van der Waals surface area contributed by atoms with Crippen LogP contribution in [0, 0.1) is 5.92 Å². The second-order valence-corrected chi connectivity index (χ2v) is 8.54. The normalized spacial score (nSPS) is 18.2. The molecular weight excluding hydrogens is 390 g/mol. The number of fused-ring (bicyclic) bond motifs is 2. The second kappa shape index (κ2) is 8.57. The van der Waals surface area contributed by atoms with E-state index in [4.69, 9.17) is 9.72 Å². The van der Waals surface area contributed by atoms with E-state index in [1.165, 1.54) is 18.4 Å². The molecule has 0 saturated carbocycles. The number of benzene rings is 1.